The van der Waals surface area contributed by atoms with E-state index in [2.05, 4.69) is 55.5 Å². The van der Waals surface area contributed by atoms with E-state index in [4.69, 9.17) is 5.73 Å². The molecule has 0 saturated carbocycles. The summed E-state index contributed by atoms with van der Waals surface area (Å²) in [5.74, 6) is 0. The van der Waals surface area contributed by atoms with Crippen LogP contribution in [-0.4, -0.2) is 6.54 Å². The lowest BCUT2D eigenvalue weighted by Gasteiger charge is -1.70. The summed E-state index contributed by atoms with van der Waals surface area (Å²) in [6.45, 7) is 2.88. The maximum atomic E-state index is 5.03. The minimum Gasteiger partial charge on any atom is -0.330 e. The maximum Gasteiger partial charge on any atom is -0.00799 e. The van der Waals surface area contributed by atoms with Gasteiger partial charge in [-0.25, -0.2) is 0 Å². The lowest BCUT2D eigenvalue weighted by Crippen LogP contribution is -1.93. The van der Waals surface area contributed by atoms with Crippen molar-refractivity contribution in [3.05, 3.63) is 48.6 Å². The second-order valence-electron chi connectivity index (χ2n) is 2.97. The summed E-state index contributed by atoms with van der Waals surface area (Å²) in [5.41, 5.74) is 5.03. The molecule has 0 aliphatic heterocycles. The van der Waals surface area contributed by atoms with Crippen molar-refractivity contribution >= 4 is 0 Å². The normalized spacial score (nSPS) is 14.7. The molecular weight excluding hydrogens is 170 g/mol. The Morgan fingerprint density at radius 3 is 1.21 bits per heavy atom. The van der Waals surface area contributed by atoms with Crippen LogP contribution in [0.15, 0.2) is 48.6 Å². The van der Waals surface area contributed by atoms with E-state index in [9.17, 15) is 0 Å². The average Bonchev–Trinajstić information content (AvgIpc) is 2.94. The summed E-state index contributed by atoms with van der Waals surface area (Å²) < 4.78 is 0. The van der Waals surface area contributed by atoms with Gasteiger partial charge in [-0.2, -0.15) is 0 Å². The summed E-state index contributed by atoms with van der Waals surface area (Å²) in [4.78, 5) is 0. The third kappa shape index (κ3) is 10.9. The summed E-state index contributed by atoms with van der Waals surface area (Å²) in [7, 11) is 0. The van der Waals surface area contributed by atoms with Gasteiger partial charge in [-0.05, 0) is 25.8 Å². The predicted molar refractivity (Wildman–Crippen MR) is 65.1 cm³/mol. The van der Waals surface area contributed by atoms with Crippen molar-refractivity contribution in [1.82, 2.24) is 0 Å². The second kappa shape index (κ2) is 11.9. The Morgan fingerprint density at radius 2 is 1.14 bits per heavy atom. The molecule has 0 atom stereocenters. The van der Waals surface area contributed by atoms with Gasteiger partial charge in [0.1, 0.15) is 0 Å². The molecule has 1 nitrogen and oxygen atoms in total. The smallest absolute Gasteiger partial charge is 0.00799 e. The van der Waals surface area contributed by atoms with Gasteiger partial charge < -0.3 is 5.73 Å². The third-order valence-corrected chi connectivity index (χ3v) is 1.60. The van der Waals surface area contributed by atoms with Crippen molar-refractivity contribution in [1.29, 1.82) is 0 Å². The Morgan fingerprint density at radius 1 is 0.857 bits per heavy atom. The van der Waals surface area contributed by atoms with Gasteiger partial charge in [0.25, 0.3) is 0 Å². The molecule has 0 bridgehead atoms. The van der Waals surface area contributed by atoms with E-state index in [1.165, 1.54) is 0 Å². The Kier molecular flexibility index (Phi) is 11.0. The van der Waals surface area contributed by atoms with Gasteiger partial charge >= 0.3 is 0 Å². The second-order valence-corrected chi connectivity index (χ2v) is 2.97. The minimum atomic E-state index is 0.819. The first-order valence-electron chi connectivity index (χ1n) is 5.25. The SMILES string of the molecule is C1=CCC=C1.C1=CCC=C1.CCCN. The van der Waals surface area contributed by atoms with Gasteiger partial charge in [0.15, 0.2) is 0 Å². The Bertz CT molecular complexity index is 165. The number of allylic oxidation sites excluding steroid dienone is 8. The first-order chi connectivity index (χ1) is 6.91. The average molecular weight is 191 g/mol. The summed E-state index contributed by atoms with van der Waals surface area (Å²) in [6, 6.07) is 0. The molecule has 2 rings (SSSR count). The molecule has 78 valence electrons. The first-order valence-corrected chi connectivity index (χ1v) is 5.25. The highest BCUT2D eigenvalue weighted by Gasteiger charge is 1.72. The molecular formula is C13H21N. The van der Waals surface area contributed by atoms with E-state index in [0.29, 0.717) is 0 Å². The van der Waals surface area contributed by atoms with E-state index in [1.807, 2.05) is 0 Å². The number of rotatable bonds is 1. The summed E-state index contributed by atoms with van der Waals surface area (Å²) >= 11 is 0. The lowest BCUT2D eigenvalue weighted by molar-refractivity contribution is 0.932. The van der Waals surface area contributed by atoms with Gasteiger partial charge in [0.05, 0.1) is 0 Å². The zero-order valence-electron chi connectivity index (χ0n) is 9.02. The number of hydrogen-bond acceptors (Lipinski definition) is 1. The highest BCUT2D eigenvalue weighted by atomic mass is 14.5. The topological polar surface area (TPSA) is 26.0 Å². The maximum absolute atomic E-state index is 5.03. The molecule has 0 amide bonds. The molecule has 2 N–H and O–H groups in total. The molecule has 2 aliphatic rings. The van der Waals surface area contributed by atoms with Crippen LogP contribution in [0.5, 0.6) is 0 Å². The quantitative estimate of drug-likeness (QED) is 0.675. The molecule has 0 unspecified atom stereocenters. The van der Waals surface area contributed by atoms with Crippen molar-refractivity contribution in [3.63, 3.8) is 0 Å². The fraction of sp³-hybridized carbons (Fsp3) is 0.385. The Labute approximate surface area is 87.7 Å². The molecule has 0 radical (unpaired) electrons. The van der Waals surface area contributed by atoms with Crippen LogP contribution in [0.3, 0.4) is 0 Å². The van der Waals surface area contributed by atoms with Crippen molar-refractivity contribution in [2.24, 2.45) is 5.73 Å². The minimum absolute atomic E-state index is 0.819. The molecule has 14 heavy (non-hydrogen) atoms. The number of hydrogen-bond donors (Lipinski definition) is 1. The Hall–Kier alpha value is -1.08. The van der Waals surface area contributed by atoms with Crippen LogP contribution in [0.4, 0.5) is 0 Å². The van der Waals surface area contributed by atoms with E-state index in [-0.39, 0.29) is 0 Å². The van der Waals surface area contributed by atoms with Crippen LogP contribution in [0.1, 0.15) is 26.2 Å². The van der Waals surface area contributed by atoms with Gasteiger partial charge in [0, 0.05) is 0 Å². The molecule has 0 heterocycles. The monoisotopic (exact) mass is 191 g/mol. The van der Waals surface area contributed by atoms with Crippen molar-refractivity contribution in [2.75, 3.05) is 6.54 Å². The molecule has 2 aliphatic carbocycles. The van der Waals surface area contributed by atoms with E-state index in [0.717, 1.165) is 25.8 Å². The van der Waals surface area contributed by atoms with Crippen LogP contribution >= 0.6 is 0 Å². The molecule has 0 fully saturated rings. The third-order valence-electron chi connectivity index (χ3n) is 1.60. The molecule has 0 aromatic carbocycles. The van der Waals surface area contributed by atoms with E-state index < -0.39 is 0 Å². The predicted octanol–water partition coefficient (Wildman–Crippen LogP) is 3.36. The van der Waals surface area contributed by atoms with Crippen molar-refractivity contribution in [2.45, 2.75) is 26.2 Å². The van der Waals surface area contributed by atoms with Gasteiger partial charge in [0.2, 0.25) is 0 Å². The van der Waals surface area contributed by atoms with Crippen molar-refractivity contribution < 1.29 is 0 Å². The Balaban J connectivity index is 0.000000183. The number of nitrogens with two attached hydrogens (primary N) is 1. The first kappa shape index (κ1) is 12.9. The fourth-order valence-electron chi connectivity index (χ4n) is 0.786. The fourth-order valence-corrected chi connectivity index (χ4v) is 0.786. The van der Waals surface area contributed by atoms with Crippen molar-refractivity contribution in [3.8, 4) is 0 Å². The van der Waals surface area contributed by atoms with Crippen LogP contribution in [0.2, 0.25) is 0 Å². The van der Waals surface area contributed by atoms with Crippen LogP contribution in [0, 0.1) is 0 Å². The largest absolute Gasteiger partial charge is 0.330 e. The highest BCUT2D eigenvalue weighted by molar-refractivity contribution is 5.12. The molecule has 0 saturated heterocycles. The highest BCUT2D eigenvalue weighted by Crippen LogP contribution is 1.93. The van der Waals surface area contributed by atoms with E-state index in [1.54, 1.807) is 0 Å². The molecule has 1 heteroatoms. The van der Waals surface area contributed by atoms with Crippen LogP contribution < -0.4 is 5.73 Å². The zero-order chi connectivity index (χ0) is 10.5. The lowest BCUT2D eigenvalue weighted by atomic mass is 10.5. The van der Waals surface area contributed by atoms with Crippen LogP contribution in [0.25, 0.3) is 0 Å². The zero-order valence-corrected chi connectivity index (χ0v) is 9.02. The standard InChI is InChI=1S/2C5H6.C3H9N/c2*1-2-4-5-3-1;1-2-3-4/h2*1-4H,5H2;2-4H2,1H3. The molecule has 0 spiro atoms. The van der Waals surface area contributed by atoms with E-state index >= 15 is 0 Å². The van der Waals surface area contributed by atoms with Gasteiger partial charge in [-0.1, -0.05) is 55.5 Å². The summed E-state index contributed by atoms with van der Waals surface area (Å²) in [6.07, 6.45) is 20.1. The molecule has 0 aromatic heterocycles. The summed E-state index contributed by atoms with van der Waals surface area (Å²) in [5, 5.41) is 0. The van der Waals surface area contributed by atoms with Crippen LogP contribution in [-0.2, 0) is 0 Å². The van der Waals surface area contributed by atoms with Gasteiger partial charge in [-0.3, -0.25) is 0 Å². The van der Waals surface area contributed by atoms with Gasteiger partial charge in [-0.15, -0.1) is 0 Å². The molecule has 0 aromatic rings.